The fourth-order valence-corrected chi connectivity index (χ4v) is 1.44. The molecular weight excluding hydrogens is 212 g/mol. The number of hydrogen-bond acceptors (Lipinski definition) is 2. The van der Waals surface area contributed by atoms with Crippen LogP contribution in [0.15, 0.2) is 60.9 Å². The molecule has 17 heavy (non-hydrogen) atoms. The molecule has 0 saturated heterocycles. The van der Waals surface area contributed by atoms with E-state index in [4.69, 9.17) is 4.74 Å². The lowest BCUT2D eigenvalue weighted by atomic mass is 10.3. The van der Waals surface area contributed by atoms with Crippen molar-refractivity contribution in [2.24, 2.45) is 0 Å². The lowest BCUT2D eigenvalue weighted by molar-refractivity contribution is 0.415. The average Bonchev–Trinajstić information content (AvgIpc) is 2.89. The fraction of sp³-hybridized carbons (Fsp3) is 0.0714. The highest BCUT2D eigenvalue weighted by atomic mass is 16.5. The molecule has 3 rings (SSSR count). The first-order valence-electron chi connectivity index (χ1n) is 5.37. The quantitative estimate of drug-likeness (QED) is 0.691. The van der Waals surface area contributed by atoms with Crippen LogP contribution in [0.1, 0.15) is 0 Å². The largest absolute Gasteiger partial charge is 0.497 e. The van der Waals surface area contributed by atoms with Gasteiger partial charge in [0.1, 0.15) is 5.75 Å². The van der Waals surface area contributed by atoms with Gasteiger partial charge in [-0.3, -0.25) is 0 Å². The van der Waals surface area contributed by atoms with Crippen molar-refractivity contribution in [1.82, 2.24) is 9.97 Å². The van der Waals surface area contributed by atoms with Gasteiger partial charge >= 0.3 is 0 Å². The molecule has 0 aliphatic heterocycles. The van der Waals surface area contributed by atoms with Gasteiger partial charge in [0.25, 0.3) is 0 Å². The van der Waals surface area contributed by atoms with Crippen LogP contribution in [0.2, 0.25) is 0 Å². The number of rotatable bonds is 1. The molecule has 0 radical (unpaired) electrons. The van der Waals surface area contributed by atoms with Gasteiger partial charge in [-0.2, -0.15) is 0 Å². The summed E-state index contributed by atoms with van der Waals surface area (Å²) in [6, 6.07) is 17.6. The molecule has 0 aliphatic carbocycles. The Balaban J connectivity index is 0.000000128. The molecule has 0 aliphatic rings. The van der Waals surface area contributed by atoms with Gasteiger partial charge < -0.3 is 9.72 Å². The SMILES string of the molecule is COc1ccccc1.c1ccc2[nH]cnc2c1. The summed E-state index contributed by atoms with van der Waals surface area (Å²) in [6.07, 6.45) is 1.70. The normalized spacial score (nSPS) is 9.47. The van der Waals surface area contributed by atoms with Crippen LogP contribution in [-0.2, 0) is 0 Å². The number of nitrogens with one attached hydrogen (secondary N) is 1. The number of ether oxygens (including phenoxy) is 1. The molecular formula is C14H14N2O. The summed E-state index contributed by atoms with van der Waals surface area (Å²) in [7, 11) is 1.66. The first-order chi connectivity index (χ1) is 8.40. The minimum absolute atomic E-state index is 0.910. The Morgan fingerprint density at radius 2 is 1.65 bits per heavy atom. The summed E-state index contributed by atoms with van der Waals surface area (Å²) in [5.74, 6) is 0.910. The minimum Gasteiger partial charge on any atom is -0.497 e. The van der Waals surface area contributed by atoms with Crippen LogP contribution in [0, 0.1) is 0 Å². The van der Waals surface area contributed by atoms with Gasteiger partial charge in [-0.05, 0) is 24.3 Å². The highest BCUT2D eigenvalue weighted by Gasteiger charge is 1.88. The van der Waals surface area contributed by atoms with E-state index in [0.717, 1.165) is 16.8 Å². The Labute approximate surface area is 100 Å². The summed E-state index contributed by atoms with van der Waals surface area (Å²) in [5, 5.41) is 0. The predicted molar refractivity (Wildman–Crippen MR) is 69.1 cm³/mol. The van der Waals surface area contributed by atoms with E-state index in [1.165, 1.54) is 0 Å². The molecule has 0 fully saturated rings. The topological polar surface area (TPSA) is 37.9 Å². The van der Waals surface area contributed by atoms with Crippen molar-refractivity contribution >= 4 is 11.0 Å². The third-order valence-corrected chi connectivity index (χ3v) is 2.31. The van der Waals surface area contributed by atoms with Gasteiger partial charge in [0.2, 0.25) is 0 Å². The molecule has 3 aromatic rings. The zero-order chi connectivity index (χ0) is 11.9. The van der Waals surface area contributed by atoms with E-state index in [9.17, 15) is 0 Å². The van der Waals surface area contributed by atoms with Gasteiger partial charge in [0, 0.05) is 0 Å². The summed E-state index contributed by atoms with van der Waals surface area (Å²) >= 11 is 0. The second-order valence-corrected chi connectivity index (χ2v) is 3.44. The molecule has 1 heterocycles. The highest BCUT2D eigenvalue weighted by Crippen LogP contribution is 2.06. The lowest BCUT2D eigenvalue weighted by Gasteiger charge is -1.93. The van der Waals surface area contributed by atoms with E-state index in [2.05, 4.69) is 9.97 Å². The van der Waals surface area contributed by atoms with Crippen LogP contribution in [0.25, 0.3) is 11.0 Å². The van der Waals surface area contributed by atoms with Gasteiger partial charge in [-0.15, -0.1) is 0 Å². The van der Waals surface area contributed by atoms with E-state index in [-0.39, 0.29) is 0 Å². The van der Waals surface area contributed by atoms with Crippen molar-refractivity contribution in [1.29, 1.82) is 0 Å². The Morgan fingerprint density at radius 1 is 0.941 bits per heavy atom. The van der Waals surface area contributed by atoms with Crippen molar-refractivity contribution in [2.75, 3.05) is 7.11 Å². The first kappa shape index (κ1) is 11.2. The monoisotopic (exact) mass is 226 g/mol. The number of aromatic amines is 1. The molecule has 0 atom stereocenters. The van der Waals surface area contributed by atoms with Crippen molar-refractivity contribution in [3.05, 3.63) is 60.9 Å². The molecule has 0 bridgehead atoms. The van der Waals surface area contributed by atoms with Crippen molar-refractivity contribution < 1.29 is 4.74 Å². The van der Waals surface area contributed by atoms with Crippen molar-refractivity contribution in [3.63, 3.8) is 0 Å². The third-order valence-electron chi connectivity index (χ3n) is 2.31. The van der Waals surface area contributed by atoms with Crippen LogP contribution in [0.3, 0.4) is 0 Å². The van der Waals surface area contributed by atoms with Gasteiger partial charge in [0.05, 0.1) is 24.5 Å². The summed E-state index contributed by atoms with van der Waals surface area (Å²) < 4.78 is 4.91. The molecule has 86 valence electrons. The number of imidazole rings is 1. The number of para-hydroxylation sites is 3. The fourth-order valence-electron chi connectivity index (χ4n) is 1.44. The molecule has 0 amide bonds. The number of fused-ring (bicyclic) bond motifs is 1. The average molecular weight is 226 g/mol. The van der Waals surface area contributed by atoms with Crippen LogP contribution >= 0.6 is 0 Å². The van der Waals surface area contributed by atoms with E-state index in [0.29, 0.717) is 0 Å². The lowest BCUT2D eigenvalue weighted by Crippen LogP contribution is -1.78. The molecule has 3 nitrogen and oxygen atoms in total. The number of H-pyrrole nitrogens is 1. The Morgan fingerprint density at radius 3 is 2.29 bits per heavy atom. The van der Waals surface area contributed by atoms with Crippen LogP contribution in [-0.4, -0.2) is 17.1 Å². The van der Waals surface area contributed by atoms with Gasteiger partial charge in [-0.25, -0.2) is 4.98 Å². The number of hydrogen-bond donors (Lipinski definition) is 1. The van der Waals surface area contributed by atoms with Crippen molar-refractivity contribution in [2.45, 2.75) is 0 Å². The van der Waals surface area contributed by atoms with Crippen LogP contribution < -0.4 is 4.74 Å². The predicted octanol–water partition coefficient (Wildman–Crippen LogP) is 3.26. The summed E-state index contributed by atoms with van der Waals surface area (Å²) in [6.45, 7) is 0. The van der Waals surface area contributed by atoms with E-state index >= 15 is 0 Å². The van der Waals surface area contributed by atoms with Crippen LogP contribution in [0.4, 0.5) is 0 Å². The zero-order valence-corrected chi connectivity index (χ0v) is 9.63. The Kier molecular flexibility index (Phi) is 3.76. The molecule has 1 N–H and O–H groups in total. The highest BCUT2D eigenvalue weighted by molar-refractivity contribution is 5.73. The number of aromatic nitrogens is 2. The zero-order valence-electron chi connectivity index (χ0n) is 9.63. The second-order valence-electron chi connectivity index (χ2n) is 3.44. The third kappa shape index (κ3) is 3.08. The molecule has 0 spiro atoms. The standard InChI is InChI=1S/C7H6N2.C7H8O/c1-2-4-7-6(3-1)8-5-9-7;1-8-7-5-3-2-4-6-7/h1-5H,(H,8,9);2-6H,1H3. The Bertz CT molecular complexity index is 530. The minimum atomic E-state index is 0.910. The molecule has 2 aromatic carbocycles. The maximum absolute atomic E-state index is 4.91. The maximum atomic E-state index is 4.91. The number of methoxy groups -OCH3 is 1. The molecule has 0 saturated carbocycles. The maximum Gasteiger partial charge on any atom is 0.118 e. The molecule has 3 heteroatoms. The van der Waals surface area contributed by atoms with E-state index in [1.807, 2.05) is 54.6 Å². The Hall–Kier alpha value is -2.29. The molecule has 0 unspecified atom stereocenters. The van der Waals surface area contributed by atoms with E-state index < -0.39 is 0 Å². The smallest absolute Gasteiger partial charge is 0.118 e. The number of benzene rings is 2. The second kappa shape index (κ2) is 5.70. The number of nitrogens with zero attached hydrogens (tertiary/aromatic N) is 1. The first-order valence-corrected chi connectivity index (χ1v) is 5.37. The van der Waals surface area contributed by atoms with Gasteiger partial charge in [0.15, 0.2) is 0 Å². The van der Waals surface area contributed by atoms with Gasteiger partial charge in [-0.1, -0.05) is 30.3 Å². The van der Waals surface area contributed by atoms with Crippen LogP contribution in [0.5, 0.6) is 5.75 Å². The van der Waals surface area contributed by atoms with E-state index in [1.54, 1.807) is 13.4 Å². The molecule has 1 aromatic heterocycles. The van der Waals surface area contributed by atoms with Crippen molar-refractivity contribution in [3.8, 4) is 5.75 Å². The summed E-state index contributed by atoms with van der Waals surface area (Å²) in [4.78, 5) is 7.07. The summed E-state index contributed by atoms with van der Waals surface area (Å²) in [5.41, 5.74) is 2.12.